The van der Waals surface area contributed by atoms with Gasteiger partial charge in [0.25, 0.3) is 0 Å². The van der Waals surface area contributed by atoms with Crippen LogP contribution in [0.4, 0.5) is 0 Å². The van der Waals surface area contributed by atoms with Crippen molar-refractivity contribution in [3.05, 3.63) is 96.1 Å². The van der Waals surface area contributed by atoms with Gasteiger partial charge in [-0.1, -0.05) is 12.1 Å². The molecule has 0 bridgehead atoms. The smallest absolute Gasteiger partial charge is 0.240 e. The van der Waals surface area contributed by atoms with Crippen LogP contribution in [0, 0.1) is 0 Å². The Kier molecular flexibility index (Phi) is 7.17. The first-order valence-electron chi connectivity index (χ1n) is 12.4. The standard InChI is InChI=1S/C28H24N2O9S2/c31-40(32,29-15-19-1-11-25-27(13-19)37-17-35-25)23-7-3-21(4-8-23)39-22-5-9-24(10-6-22)41(33,34)30-16-20-2-12-26-28(14-20)38-18-36-26/h1-14,29-30H,15-18H2. The zero-order chi connectivity index (χ0) is 28.5. The number of sulfonamides is 2. The third-order valence-corrected chi connectivity index (χ3v) is 9.14. The van der Waals surface area contributed by atoms with E-state index in [9.17, 15) is 16.8 Å². The Labute approximate surface area is 236 Å². The van der Waals surface area contributed by atoms with E-state index in [1.165, 1.54) is 48.5 Å². The summed E-state index contributed by atoms with van der Waals surface area (Å²) in [5.74, 6) is 3.17. The Morgan fingerprint density at radius 3 is 1.34 bits per heavy atom. The molecule has 11 nitrogen and oxygen atoms in total. The predicted octanol–water partition coefficient (Wildman–Crippen LogP) is 3.89. The molecule has 0 spiro atoms. The molecule has 0 aromatic heterocycles. The summed E-state index contributed by atoms with van der Waals surface area (Å²) in [6, 6.07) is 22.2. The number of nitrogens with one attached hydrogen (secondary N) is 2. The van der Waals surface area contributed by atoms with Crippen molar-refractivity contribution < 1.29 is 40.5 Å². The number of ether oxygens (including phenoxy) is 5. The van der Waals surface area contributed by atoms with E-state index in [0.29, 0.717) is 34.5 Å². The van der Waals surface area contributed by atoms with Crippen molar-refractivity contribution in [2.75, 3.05) is 13.6 Å². The molecule has 2 N–H and O–H groups in total. The summed E-state index contributed by atoms with van der Waals surface area (Å²) in [5, 5.41) is 0. The number of rotatable bonds is 10. The molecule has 0 unspecified atom stereocenters. The van der Waals surface area contributed by atoms with Crippen LogP contribution < -0.4 is 33.1 Å². The lowest BCUT2D eigenvalue weighted by atomic mass is 10.2. The molecule has 0 radical (unpaired) electrons. The number of benzene rings is 4. The molecule has 0 fully saturated rings. The maximum Gasteiger partial charge on any atom is 0.240 e. The highest BCUT2D eigenvalue weighted by Gasteiger charge is 2.18. The number of fused-ring (bicyclic) bond motifs is 2. The molecule has 0 saturated heterocycles. The molecule has 0 atom stereocenters. The van der Waals surface area contributed by atoms with Gasteiger partial charge < -0.3 is 23.7 Å². The average molecular weight is 597 g/mol. The predicted molar refractivity (Wildman–Crippen MR) is 146 cm³/mol. The molecule has 4 aromatic carbocycles. The van der Waals surface area contributed by atoms with Crippen LogP contribution >= 0.6 is 0 Å². The molecule has 6 rings (SSSR count). The van der Waals surface area contributed by atoms with Crippen LogP contribution in [0.15, 0.2) is 94.7 Å². The normalized spacial score (nSPS) is 13.8. The molecule has 2 aliphatic heterocycles. The van der Waals surface area contributed by atoms with Gasteiger partial charge in [0.05, 0.1) is 9.79 Å². The Bertz CT molecular complexity index is 1660. The summed E-state index contributed by atoms with van der Waals surface area (Å²) in [6.07, 6.45) is 0. The van der Waals surface area contributed by atoms with E-state index in [4.69, 9.17) is 23.7 Å². The second kappa shape index (κ2) is 10.9. The van der Waals surface area contributed by atoms with Gasteiger partial charge in [-0.15, -0.1) is 0 Å². The maximum absolute atomic E-state index is 12.8. The summed E-state index contributed by atoms with van der Waals surface area (Å²) >= 11 is 0. The maximum atomic E-state index is 12.8. The van der Waals surface area contributed by atoms with E-state index in [-0.39, 0.29) is 36.5 Å². The second-order valence-corrected chi connectivity index (χ2v) is 12.6. The SMILES string of the molecule is O=S(=O)(NCc1ccc2c(c1)OCO2)c1ccc(Oc2ccc(S(=O)(=O)NCc3ccc4c(c3)OCO4)cc2)cc1. The van der Waals surface area contributed by atoms with Crippen molar-refractivity contribution in [2.24, 2.45) is 0 Å². The average Bonchev–Trinajstić information content (AvgIpc) is 3.65. The van der Waals surface area contributed by atoms with Gasteiger partial charge in [0.1, 0.15) is 11.5 Å². The minimum atomic E-state index is -3.78. The summed E-state index contributed by atoms with van der Waals surface area (Å²) in [4.78, 5) is 0.140. The zero-order valence-electron chi connectivity index (χ0n) is 21.4. The molecule has 13 heteroatoms. The van der Waals surface area contributed by atoms with E-state index < -0.39 is 20.0 Å². The van der Waals surface area contributed by atoms with E-state index in [1.807, 2.05) is 0 Å². The number of hydrogen-bond acceptors (Lipinski definition) is 9. The highest BCUT2D eigenvalue weighted by atomic mass is 32.2. The van der Waals surface area contributed by atoms with Crippen LogP contribution in [-0.4, -0.2) is 30.4 Å². The van der Waals surface area contributed by atoms with E-state index in [1.54, 1.807) is 36.4 Å². The molecule has 2 heterocycles. The lowest BCUT2D eigenvalue weighted by Crippen LogP contribution is -2.23. The Morgan fingerprint density at radius 1 is 0.537 bits per heavy atom. The molecule has 0 amide bonds. The highest BCUT2D eigenvalue weighted by molar-refractivity contribution is 7.89. The molecule has 2 aliphatic rings. The van der Waals surface area contributed by atoms with Gasteiger partial charge in [0, 0.05) is 13.1 Å². The van der Waals surface area contributed by atoms with Crippen LogP contribution in [-0.2, 0) is 33.1 Å². The van der Waals surface area contributed by atoms with Crippen molar-refractivity contribution in [3.8, 4) is 34.5 Å². The minimum Gasteiger partial charge on any atom is -0.457 e. The van der Waals surface area contributed by atoms with Crippen LogP contribution in [0.25, 0.3) is 0 Å². The fraction of sp³-hybridized carbons (Fsp3) is 0.143. The first-order valence-corrected chi connectivity index (χ1v) is 15.4. The van der Waals surface area contributed by atoms with Gasteiger partial charge in [-0.05, 0) is 83.9 Å². The van der Waals surface area contributed by atoms with Crippen LogP contribution in [0.2, 0.25) is 0 Å². The summed E-state index contributed by atoms with van der Waals surface area (Å²) in [7, 11) is -7.55. The molecule has 0 aliphatic carbocycles. The van der Waals surface area contributed by atoms with Crippen molar-refractivity contribution in [3.63, 3.8) is 0 Å². The largest absolute Gasteiger partial charge is 0.457 e. The fourth-order valence-electron chi connectivity index (χ4n) is 4.13. The third kappa shape index (κ3) is 6.07. The minimum absolute atomic E-state index is 0.0700. The van der Waals surface area contributed by atoms with Gasteiger partial charge in [-0.2, -0.15) is 0 Å². The lowest BCUT2D eigenvalue weighted by Gasteiger charge is -2.10. The monoisotopic (exact) mass is 596 g/mol. The van der Waals surface area contributed by atoms with Crippen molar-refractivity contribution in [1.29, 1.82) is 0 Å². The fourth-order valence-corrected chi connectivity index (χ4v) is 6.17. The van der Waals surface area contributed by atoms with Gasteiger partial charge >= 0.3 is 0 Å². The third-order valence-electron chi connectivity index (χ3n) is 6.31. The Hall–Kier alpha value is -4.30. The van der Waals surface area contributed by atoms with Crippen LogP contribution in [0.5, 0.6) is 34.5 Å². The quantitative estimate of drug-likeness (QED) is 0.279. The van der Waals surface area contributed by atoms with Crippen molar-refractivity contribution >= 4 is 20.0 Å². The number of hydrogen-bond donors (Lipinski definition) is 2. The molecule has 41 heavy (non-hydrogen) atoms. The summed E-state index contributed by atoms with van der Waals surface area (Å²) in [5.41, 5.74) is 1.46. The van der Waals surface area contributed by atoms with E-state index >= 15 is 0 Å². The first-order chi connectivity index (χ1) is 19.7. The first kappa shape index (κ1) is 26.9. The summed E-state index contributed by atoms with van der Waals surface area (Å²) < 4.78 is 83.1. The van der Waals surface area contributed by atoms with E-state index in [0.717, 1.165) is 11.1 Å². The van der Waals surface area contributed by atoms with Gasteiger partial charge in [-0.3, -0.25) is 0 Å². The molecule has 212 valence electrons. The zero-order valence-corrected chi connectivity index (χ0v) is 23.0. The van der Waals surface area contributed by atoms with Crippen molar-refractivity contribution in [1.82, 2.24) is 9.44 Å². The van der Waals surface area contributed by atoms with Crippen molar-refractivity contribution in [2.45, 2.75) is 22.9 Å². The van der Waals surface area contributed by atoms with Gasteiger partial charge in [-0.25, -0.2) is 26.3 Å². The molecular formula is C28H24N2O9S2. The Morgan fingerprint density at radius 2 is 0.927 bits per heavy atom. The lowest BCUT2D eigenvalue weighted by molar-refractivity contribution is 0.173. The molecule has 0 saturated carbocycles. The van der Waals surface area contributed by atoms with Crippen LogP contribution in [0.3, 0.4) is 0 Å². The van der Waals surface area contributed by atoms with Crippen LogP contribution in [0.1, 0.15) is 11.1 Å². The molecular weight excluding hydrogens is 572 g/mol. The Balaban J connectivity index is 1.04. The second-order valence-electron chi connectivity index (χ2n) is 9.07. The van der Waals surface area contributed by atoms with Gasteiger partial charge in [0.2, 0.25) is 33.6 Å². The van der Waals surface area contributed by atoms with Gasteiger partial charge in [0.15, 0.2) is 23.0 Å². The molecule has 4 aromatic rings. The topological polar surface area (TPSA) is 138 Å². The van der Waals surface area contributed by atoms with E-state index in [2.05, 4.69) is 9.44 Å². The highest BCUT2D eigenvalue weighted by Crippen LogP contribution is 2.33. The summed E-state index contributed by atoms with van der Waals surface area (Å²) in [6.45, 7) is 0.446.